The number of nitrogens with zero attached hydrogens (tertiary/aromatic N) is 1. The van der Waals surface area contributed by atoms with E-state index in [2.05, 4.69) is 4.72 Å². The Morgan fingerprint density at radius 3 is 2.72 bits per heavy atom. The number of ether oxygens (including phenoxy) is 1. The molecule has 0 bridgehead atoms. The average Bonchev–Trinajstić information content (AvgIpc) is 3.37. The van der Waals surface area contributed by atoms with Crippen LogP contribution in [0.25, 0.3) is 0 Å². The molecule has 7 nitrogen and oxygen atoms in total. The van der Waals surface area contributed by atoms with E-state index in [9.17, 15) is 13.2 Å². The van der Waals surface area contributed by atoms with E-state index < -0.39 is 10.0 Å². The first-order valence-corrected chi connectivity index (χ1v) is 10.5. The average molecular weight is 412 g/mol. The molecule has 1 aromatic heterocycles. The molecular weight excluding hydrogens is 392 g/mol. The fourth-order valence-electron chi connectivity index (χ4n) is 3.41. The fraction of sp³-hybridized carbons (Fsp3) is 0.190. The van der Waals surface area contributed by atoms with Crippen molar-refractivity contribution in [2.45, 2.75) is 18.2 Å². The van der Waals surface area contributed by atoms with Crippen LogP contribution in [-0.4, -0.2) is 28.0 Å². The van der Waals surface area contributed by atoms with Crippen LogP contribution in [0.4, 0.5) is 11.4 Å². The number of carbonyl (C=O) groups is 1. The first kappa shape index (κ1) is 19.1. The van der Waals surface area contributed by atoms with E-state index in [0.29, 0.717) is 18.7 Å². The number of fused-ring (bicyclic) bond motifs is 1. The molecule has 150 valence electrons. The number of sulfonamides is 1. The molecule has 0 spiro atoms. The summed E-state index contributed by atoms with van der Waals surface area (Å²) >= 11 is 0. The van der Waals surface area contributed by atoms with Gasteiger partial charge < -0.3 is 14.1 Å². The van der Waals surface area contributed by atoms with Gasteiger partial charge in [-0.05, 0) is 66.9 Å². The second-order valence-corrected chi connectivity index (χ2v) is 8.44. The number of methoxy groups -OCH3 is 1. The van der Waals surface area contributed by atoms with Gasteiger partial charge in [-0.3, -0.25) is 9.52 Å². The van der Waals surface area contributed by atoms with Crippen LogP contribution < -0.4 is 14.4 Å². The van der Waals surface area contributed by atoms with Crippen molar-refractivity contribution < 1.29 is 22.4 Å². The van der Waals surface area contributed by atoms with Crippen LogP contribution in [0.15, 0.2) is 64.1 Å². The summed E-state index contributed by atoms with van der Waals surface area (Å²) in [4.78, 5) is 14.3. The van der Waals surface area contributed by atoms with Crippen molar-refractivity contribution in [3.63, 3.8) is 0 Å². The van der Waals surface area contributed by atoms with Gasteiger partial charge in [0.1, 0.15) is 10.6 Å². The van der Waals surface area contributed by atoms with Crippen molar-refractivity contribution in [2.75, 3.05) is 23.3 Å². The number of anilines is 2. The van der Waals surface area contributed by atoms with Gasteiger partial charge in [-0.15, -0.1) is 0 Å². The molecule has 29 heavy (non-hydrogen) atoms. The molecular formula is C21H20N2O5S. The molecule has 2 heterocycles. The Hall–Kier alpha value is -3.26. The Labute approximate surface area is 169 Å². The summed E-state index contributed by atoms with van der Waals surface area (Å²) in [6.07, 6.45) is 2.09. The number of hydrogen-bond donors (Lipinski definition) is 1. The highest BCUT2D eigenvalue weighted by Crippen LogP contribution is 2.33. The third-order valence-electron chi connectivity index (χ3n) is 4.81. The van der Waals surface area contributed by atoms with Crippen molar-refractivity contribution in [1.82, 2.24) is 0 Å². The van der Waals surface area contributed by atoms with Gasteiger partial charge >= 0.3 is 0 Å². The third-order valence-corrected chi connectivity index (χ3v) is 6.22. The van der Waals surface area contributed by atoms with E-state index in [1.165, 1.54) is 13.4 Å². The molecule has 0 saturated carbocycles. The summed E-state index contributed by atoms with van der Waals surface area (Å²) < 4.78 is 38.8. The van der Waals surface area contributed by atoms with Crippen LogP contribution in [0.5, 0.6) is 5.75 Å². The highest BCUT2D eigenvalue weighted by molar-refractivity contribution is 7.92. The smallest absolute Gasteiger partial charge is 0.293 e. The Kier molecular flexibility index (Phi) is 4.79. The summed E-state index contributed by atoms with van der Waals surface area (Å²) in [5.74, 6) is 0.334. The fourth-order valence-corrected chi connectivity index (χ4v) is 4.72. The van der Waals surface area contributed by atoms with Crippen LogP contribution in [0.1, 0.15) is 21.7 Å². The number of carbonyl (C=O) groups excluding carboxylic acids is 1. The number of amides is 1. The van der Waals surface area contributed by atoms with Crippen molar-refractivity contribution in [3.05, 3.63) is 71.7 Å². The molecule has 0 radical (unpaired) electrons. The minimum absolute atomic E-state index is 0.0788. The van der Waals surface area contributed by atoms with Crippen LogP contribution in [-0.2, 0) is 16.4 Å². The SMILES string of the molecule is COc1ccc(C)cc1S(=O)(=O)Nc1ccc2c(c1)CCN2C(=O)c1ccco1. The van der Waals surface area contributed by atoms with Gasteiger partial charge in [0, 0.05) is 17.9 Å². The molecule has 1 aliphatic rings. The molecule has 1 aliphatic heterocycles. The first-order chi connectivity index (χ1) is 13.9. The van der Waals surface area contributed by atoms with Crippen molar-refractivity contribution >= 4 is 27.3 Å². The molecule has 2 aromatic carbocycles. The summed E-state index contributed by atoms with van der Waals surface area (Å²) in [5, 5.41) is 0. The predicted octanol–water partition coefficient (Wildman–Crippen LogP) is 3.60. The third kappa shape index (κ3) is 3.58. The zero-order valence-electron chi connectivity index (χ0n) is 16.0. The van der Waals surface area contributed by atoms with Gasteiger partial charge in [-0.1, -0.05) is 6.07 Å². The van der Waals surface area contributed by atoms with Gasteiger partial charge in [-0.25, -0.2) is 8.42 Å². The van der Waals surface area contributed by atoms with E-state index in [1.807, 2.05) is 6.92 Å². The lowest BCUT2D eigenvalue weighted by atomic mass is 10.1. The summed E-state index contributed by atoms with van der Waals surface area (Å²) in [5.41, 5.74) is 2.88. The van der Waals surface area contributed by atoms with E-state index in [1.54, 1.807) is 53.4 Å². The maximum atomic E-state index is 12.9. The van der Waals surface area contributed by atoms with Gasteiger partial charge in [0.25, 0.3) is 15.9 Å². The monoisotopic (exact) mass is 412 g/mol. The minimum Gasteiger partial charge on any atom is -0.495 e. The lowest BCUT2D eigenvalue weighted by Gasteiger charge is -2.16. The Morgan fingerprint density at radius 2 is 2.00 bits per heavy atom. The van der Waals surface area contributed by atoms with Gasteiger partial charge in [-0.2, -0.15) is 0 Å². The Balaban J connectivity index is 1.61. The Bertz CT molecular complexity index is 1170. The van der Waals surface area contributed by atoms with Crippen molar-refractivity contribution in [1.29, 1.82) is 0 Å². The van der Waals surface area contributed by atoms with E-state index >= 15 is 0 Å². The second-order valence-electron chi connectivity index (χ2n) is 6.79. The predicted molar refractivity (Wildman–Crippen MR) is 109 cm³/mol. The second kappa shape index (κ2) is 7.29. The van der Waals surface area contributed by atoms with Gasteiger partial charge in [0.15, 0.2) is 5.76 Å². The zero-order chi connectivity index (χ0) is 20.6. The topological polar surface area (TPSA) is 88.9 Å². The molecule has 0 saturated heterocycles. The normalized spacial score (nSPS) is 13.2. The largest absolute Gasteiger partial charge is 0.495 e. The Morgan fingerprint density at radius 1 is 1.17 bits per heavy atom. The number of rotatable bonds is 5. The number of aryl methyl sites for hydroxylation is 1. The number of furan rings is 1. The summed E-state index contributed by atoms with van der Waals surface area (Å²) in [6.45, 7) is 2.33. The first-order valence-electron chi connectivity index (χ1n) is 9.05. The van der Waals surface area contributed by atoms with Crippen LogP contribution >= 0.6 is 0 Å². The lowest BCUT2D eigenvalue weighted by Crippen LogP contribution is -2.28. The summed E-state index contributed by atoms with van der Waals surface area (Å²) in [6, 6.07) is 13.4. The molecule has 1 amide bonds. The minimum atomic E-state index is -3.83. The van der Waals surface area contributed by atoms with Crippen LogP contribution in [0.2, 0.25) is 0 Å². The molecule has 8 heteroatoms. The van der Waals surface area contributed by atoms with Crippen molar-refractivity contribution in [3.8, 4) is 5.75 Å². The molecule has 1 N–H and O–H groups in total. The van der Waals surface area contributed by atoms with Crippen LogP contribution in [0, 0.1) is 6.92 Å². The molecule has 0 unspecified atom stereocenters. The van der Waals surface area contributed by atoms with Gasteiger partial charge in [0.2, 0.25) is 0 Å². The molecule has 3 aromatic rings. The highest BCUT2D eigenvalue weighted by atomic mass is 32.2. The molecule has 0 fully saturated rings. The molecule has 4 rings (SSSR count). The van der Waals surface area contributed by atoms with Crippen LogP contribution in [0.3, 0.4) is 0 Å². The maximum absolute atomic E-state index is 12.9. The number of nitrogens with one attached hydrogen (secondary N) is 1. The summed E-state index contributed by atoms with van der Waals surface area (Å²) in [7, 11) is -2.40. The number of benzene rings is 2. The number of hydrogen-bond acceptors (Lipinski definition) is 5. The highest BCUT2D eigenvalue weighted by Gasteiger charge is 2.28. The molecule has 0 aliphatic carbocycles. The quantitative estimate of drug-likeness (QED) is 0.692. The van der Waals surface area contributed by atoms with Gasteiger partial charge in [0.05, 0.1) is 13.4 Å². The van der Waals surface area contributed by atoms with E-state index in [-0.39, 0.29) is 22.3 Å². The van der Waals surface area contributed by atoms with Crippen molar-refractivity contribution in [2.24, 2.45) is 0 Å². The van der Waals surface area contributed by atoms with E-state index in [0.717, 1.165) is 16.8 Å². The molecule has 0 atom stereocenters. The maximum Gasteiger partial charge on any atom is 0.293 e. The standard InChI is InChI=1S/C21H20N2O5S/c1-14-5-8-18(27-2)20(12-14)29(25,26)22-16-6-7-17-15(13-16)9-10-23(17)21(24)19-4-3-11-28-19/h3-8,11-13,22H,9-10H2,1-2H3. The lowest BCUT2D eigenvalue weighted by molar-refractivity contribution is 0.0963. The zero-order valence-corrected chi connectivity index (χ0v) is 16.8. The van der Waals surface area contributed by atoms with E-state index in [4.69, 9.17) is 9.15 Å².